The second kappa shape index (κ2) is 10.2. The Hall–Kier alpha value is -2.57. The molecule has 22 heavy (non-hydrogen) atoms. The summed E-state index contributed by atoms with van der Waals surface area (Å²) in [6.07, 6.45) is 0. The lowest BCUT2D eigenvalue weighted by Gasteiger charge is -2.17. The van der Waals surface area contributed by atoms with E-state index in [-0.39, 0.29) is 31.6 Å². The number of azide groups is 1. The number of hydrogen-bond donors (Lipinski definition) is 2. The zero-order valence-corrected chi connectivity index (χ0v) is 12.4. The average molecular weight is 305 g/mol. The Kier molecular flexibility index (Phi) is 8.10. The molecule has 0 aromatic heterocycles. The zero-order chi connectivity index (χ0) is 16.2. The summed E-state index contributed by atoms with van der Waals surface area (Å²) in [5.41, 5.74) is 9.10. The quantitative estimate of drug-likeness (QED) is 0.308. The van der Waals surface area contributed by atoms with E-state index in [0.29, 0.717) is 6.54 Å². The molecule has 8 nitrogen and oxygen atoms in total. The topological polar surface area (TPSA) is 116 Å². The van der Waals surface area contributed by atoms with Crippen LogP contribution in [0, 0.1) is 0 Å². The van der Waals surface area contributed by atoms with Crippen molar-refractivity contribution in [1.82, 2.24) is 10.6 Å². The molecule has 1 rings (SSSR count). The molecule has 0 bridgehead atoms. The summed E-state index contributed by atoms with van der Waals surface area (Å²) in [6, 6.07) is 8.65. The van der Waals surface area contributed by atoms with Crippen molar-refractivity contribution in [2.24, 2.45) is 5.11 Å². The molecule has 0 heterocycles. The molecule has 1 aromatic carbocycles. The molecule has 0 saturated heterocycles. The van der Waals surface area contributed by atoms with Crippen LogP contribution in [-0.4, -0.2) is 37.6 Å². The van der Waals surface area contributed by atoms with Gasteiger partial charge in [-0.25, -0.2) is 0 Å². The SMILES string of the molecule is CC(=O)N[C@@H](COCCN=[N+]=[N-])C(=O)NCc1ccccc1. The molecule has 1 aromatic rings. The van der Waals surface area contributed by atoms with E-state index >= 15 is 0 Å². The first kappa shape index (κ1) is 17.5. The first-order valence-corrected chi connectivity index (χ1v) is 6.81. The van der Waals surface area contributed by atoms with Gasteiger partial charge in [0, 0.05) is 24.9 Å². The number of ether oxygens (including phenoxy) is 1. The molecule has 0 spiro atoms. The Morgan fingerprint density at radius 1 is 1.36 bits per heavy atom. The van der Waals surface area contributed by atoms with Gasteiger partial charge in [-0.2, -0.15) is 0 Å². The third-order valence-corrected chi connectivity index (χ3v) is 2.69. The van der Waals surface area contributed by atoms with Gasteiger partial charge in [0.15, 0.2) is 0 Å². The monoisotopic (exact) mass is 305 g/mol. The van der Waals surface area contributed by atoms with E-state index in [4.69, 9.17) is 10.3 Å². The summed E-state index contributed by atoms with van der Waals surface area (Å²) in [7, 11) is 0. The Morgan fingerprint density at radius 3 is 2.73 bits per heavy atom. The highest BCUT2D eigenvalue weighted by atomic mass is 16.5. The van der Waals surface area contributed by atoms with Crippen molar-refractivity contribution >= 4 is 11.8 Å². The fourth-order valence-corrected chi connectivity index (χ4v) is 1.69. The molecule has 2 amide bonds. The maximum Gasteiger partial charge on any atom is 0.245 e. The van der Waals surface area contributed by atoms with Crippen molar-refractivity contribution in [3.8, 4) is 0 Å². The summed E-state index contributed by atoms with van der Waals surface area (Å²) in [6.45, 7) is 2.08. The van der Waals surface area contributed by atoms with Crippen molar-refractivity contribution in [2.75, 3.05) is 19.8 Å². The van der Waals surface area contributed by atoms with Crippen molar-refractivity contribution in [3.05, 3.63) is 46.3 Å². The van der Waals surface area contributed by atoms with Crippen LogP contribution < -0.4 is 10.6 Å². The molecule has 0 aliphatic rings. The standard InChI is InChI=1S/C14H19N5O3/c1-11(20)18-13(10-22-8-7-17-19-15)14(21)16-9-12-5-3-2-4-6-12/h2-6,13H,7-10H2,1H3,(H,16,21)(H,18,20)/t13-/m0/s1. The van der Waals surface area contributed by atoms with Gasteiger partial charge in [0.2, 0.25) is 11.8 Å². The van der Waals surface area contributed by atoms with Gasteiger partial charge >= 0.3 is 0 Å². The van der Waals surface area contributed by atoms with Gasteiger partial charge in [0.25, 0.3) is 0 Å². The third kappa shape index (κ3) is 7.28. The predicted molar refractivity (Wildman–Crippen MR) is 80.7 cm³/mol. The van der Waals surface area contributed by atoms with Gasteiger partial charge in [0.1, 0.15) is 6.04 Å². The molecule has 0 aliphatic heterocycles. The van der Waals surface area contributed by atoms with E-state index in [1.807, 2.05) is 30.3 Å². The molecule has 118 valence electrons. The van der Waals surface area contributed by atoms with Crippen LogP contribution in [0.15, 0.2) is 35.4 Å². The van der Waals surface area contributed by atoms with E-state index < -0.39 is 6.04 Å². The highest BCUT2D eigenvalue weighted by Gasteiger charge is 2.19. The number of nitrogens with zero attached hydrogens (tertiary/aromatic N) is 3. The Morgan fingerprint density at radius 2 is 2.09 bits per heavy atom. The van der Waals surface area contributed by atoms with Gasteiger partial charge in [-0.1, -0.05) is 35.4 Å². The normalized spacial score (nSPS) is 11.1. The smallest absolute Gasteiger partial charge is 0.245 e. The van der Waals surface area contributed by atoms with Crippen LogP contribution in [0.2, 0.25) is 0 Å². The average Bonchev–Trinajstić information content (AvgIpc) is 2.52. The van der Waals surface area contributed by atoms with Crippen LogP contribution in [0.1, 0.15) is 12.5 Å². The van der Waals surface area contributed by atoms with Crippen LogP contribution in [0.25, 0.3) is 10.4 Å². The Labute approximate surface area is 128 Å². The molecule has 0 aliphatic carbocycles. The maximum absolute atomic E-state index is 12.1. The molecule has 0 radical (unpaired) electrons. The molecule has 0 fully saturated rings. The predicted octanol–water partition coefficient (Wildman–Crippen LogP) is 1.13. The summed E-state index contributed by atoms with van der Waals surface area (Å²) in [5, 5.41) is 8.59. The van der Waals surface area contributed by atoms with Crippen molar-refractivity contribution in [1.29, 1.82) is 0 Å². The summed E-state index contributed by atoms with van der Waals surface area (Å²) in [4.78, 5) is 25.8. The minimum atomic E-state index is -0.785. The van der Waals surface area contributed by atoms with Crippen LogP contribution in [0.3, 0.4) is 0 Å². The number of benzene rings is 1. The van der Waals surface area contributed by atoms with E-state index in [1.165, 1.54) is 6.92 Å². The van der Waals surface area contributed by atoms with Gasteiger partial charge in [-0.3, -0.25) is 9.59 Å². The highest BCUT2D eigenvalue weighted by Crippen LogP contribution is 1.98. The maximum atomic E-state index is 12.1. The number of hydrogen-bond acceptors (Lipinski definition) is 4. The fourth-order valence-electron chi connectivity index (χ4n) is 1.69. The first-order valence-electron chi connectivity index (χ1n) is 6.81. The summed E-state index contributed by atoms with van der Waals surface area (Å²) in [5.74, 6) is -0.652. The third-order valence-electron chi connectivity index (χ3n) is 2.69. The molecule has 0 saturated carbocycles. The lowest BCUT2D eigenvalue weighted by molar-refractivity contribution is -0.129. The first-order chi connectivity index (χ1) is 10.6. The minimum Gasteiger partial charge on any atom is -0.379 e. The second-order valence-corrected chi connectivity index (χ2v) is 4.49. The number of nitrogens with one attached hydrogen (secondary N) is 2. The van der Waals surface area contributed by atoms with E-state index in [2.05, 4.69) is 20.7 Å². The molecule has 2 N–H and O–H groups in total. The number of carbonyl (C=O) groups excluding carboxylic acids is 2. The molecule has 8 heteroatoms. The highest BCUT2D eigenvalue weighted by molar-refractivity contribution is 5.86. The Bertz CT molecular complexity index is 529. The van der Waals surface area contributed by atoms with Gasteiger partial charge < -0.3 is 15.4 Å². The van der Waals surface area contributed by atoms with Gasteiger partial charge in [0.05, 0.1) is 13.2 Å². The second-order valence-electron chi connectivity index (χ2n) is 4.49. The summed E-state index contributed by atoms with van der Waals surface area (Å²) < 4.78 is 5.23. The zero-order valence-electron chi connectivity index (χ0n) is 12.4. The van der Waals surface area contributed by atoms with E-state index in [1.54, 1.807) is 0 Å². The number of rotatable bonds is 9. The number of amides is 2. The lowest BCUT2D eigenvalue weighted by Crippen LogP contribution is -2.48. The van der Waals surface area contributed by atoms with Gasteiger partial charge in [-0.15, -0.1) is 0 Å². The fraction of sp³-hybridized carbons (Fsp3) is 0.429. The van der Waals surface area contributed by atoms with Crippen LogP contribution in [0.4, 0.5) is 0 Å². The van der Waals surface area contributed by atoms with Crippen LogP contribution in [0.5, 0.6) is 0 Å². The molecular weight excluding hydrogens is 286 g/mol. The number of carbonyl (C=O) groups is 2. The van der Waals surface area contributed by atoms with Gasteiger partial charge in [-0.05, 0) is 11.1 Å². The lowest BCUT2D eigenvalue weighted by atomic mass is 10.2. The van der Waals surface area contributed by atoms with Crippen LogP contribution >= 0.6 is 0 Å². The van der Waals surface area contributed by atoms with E-state index in [9.17, 15) is 9.59 Å². The largest absolute Gasteiger partial charge is 0.379 e. The Balaban J connectivity index is 2.45. The molecule has 0 unspecified atom stereocenters. The molecular formula is C14H19N5O3. The molecule has 1 atom stereocenters. The van der Waals surface area contributed by atoms with Crippen LogP contribution in [-0.2, 0) is 20.9 Å². The summed E-state index contributed by atoms with van der Waals surface area (Å²) >= 11 is 0. The van der Waals surface area contributed by atoms with Crippen molar-refractivity contribution in [2.45, 2.75) is 19.5 Å². The van der Waals surface area contributed by atoms with E-state index in [0.717, 1.165) is 5.56 Å². The van der Waals surface area contributed by atoms with Crippen molar-refractivity contribution < 1.29 is 14.3 Å². The van der Waals surface area contributed by atoms with Crippen molar-refractivity contribution in [3.63, 3.8) is 0 Å². The minimum absolute atomic E-state index is 0.0150.